The first kappa shape index (κ1) is 9.77. The Morgan fingerprint density at radius 3 is 2.76 bits per heavy atom. The first-order chi connectivity index (χ1) is 8.25. The van der Waals surface area contributed by atoms with E-state index in [0.717, 1.165) is 11.3 Å². The summed E-state index contributed by atoms with van der Waals surface area (Å²) in [6, 6.07) is 11.4. The van der Waals surface area contributed by atoms with Gasteiger partial charge in [0.15, 0.2) is 5.65 Å². The van der Waals surface area contributed by atoms with E-state index in [-0.39, 0.29) is 5.69 Å². The second-order valence-electron chi connectivity index (χ2n) is 3.81. The van der Waals surface area contributed by atoms with Crippen molar-refractivity contribution in [3.8, 4) is 11.4 Å². The summed E-state index contributed by atoms with van der Waals surface area (Å²) < 4.78 is 1.47. The molecule has 0 saturated heterocycles. The van der Waals surface area contributed by atoms with Crippen molar-refractivity contribution in [2.24, 2.45) is 0 Å². The van der Waals surface area contributed by atoms with Gasteiger partial charge >= 0.3 is 5.69 Å². The highest BCUT2D eigenvalue weighted by molar-refractivity contribution is 5.59. The van der Waals surface area contributed by atoms with Gasteiger partial charge in [-0.1, -0.05) is 30.3 Å². The topological polar surface area (TPSA) is 63.0 Å². The second-order valence-corrected chi connectivity index (χ2v) is 3.81. The summed E-state index contributed by atoms with van der Waals surface area (Å²) in [5.41, 5.74) is 2.03. The standard InChI is InChI=1S/C12H10N4O/c1-8-7-10-14-15-12(17)16(10)11(13-8)9-5-3-2-4-6-9/h2-7H,1H3,(H,15,17). The zero-order chi connectivity index (χ0) is 11.8. The van der Waals surface area contributed by atoms with E-state index in [1.165, 1.54) is 4.40 Å². The first-order valence-electron chi connectivity index (χ1n) is 5.26. The van der Waals surface area contributed by atoms with Crippen molar-refractivity contribution in [1.29, 1.82) is 0 Å². The molecule has 84 valence electrons. The van der Waals surface area contributed by atoms with Crippen molar-refractivity contribution in [2.45, 2.75) is 6.92 Å². The van der Waals surface area contributed by atoms with Gasteiger partial charge < -0.3 is 0 Å². The SMILES string of the molecule is Cc1cc2n[nH]c(=O)n2c(-c2ccccc2)n1. The number of H-pyrrole nitrogens is 1. The third-order valence-corrected chi connectivity index (χ3v) is 2.56. The van der Waals surface area contributed by atoms with Crippen molar-refractivity contribution in [2.75, 3.05) is 0 Å². The van der Waals surface area contributed by atoms with Crippen LogP contribution in [0.2, 0.25) is 0 Å². The van der Waals surface area contributed by atoms with Crippen LogP contribution in [0.5, 0.6) is 0 Å². The Hall–Kier alpha value is -2.43. The summed E-state index contributed by atoms with van der Waals surface area (Å²) >= 11 is 0. The quantitative estimate of drug-likeness (QED) is 0.682. The number of nitrogens with zero attached hydrogens (tertiary/aromatic N) is 3. The molecule has 0 fully saturated rings. The molecule has 0 unspecified atom stereocenters. The van der Waals surface area contributed by atoms with E-state index in [1.807, 2.05) is 37.3 Å². The average molecular weight is 226 g/mol. The normalized spacial score (nSPS) is 10.9. The van der Waals surface area contributed by atoms with E-state index < -0.39 is 0 Å². The maximum Gasteiger partial charge on any atom is 0.349 e. The monoisotopic (exact) mass is 226 g/mol. The summed E-state index contributed by atoms with van der Waals surface area (Å²) in [4.78, 5) is 16.1. The van der Waals surface area contributed by atoms with Crippen molar-refractivity contribution in [3.05, 3.63) is 52.6 Å². The minimum atomic E-state index is -0.272. The van der Waals surface area contributed by atoms with Crippen molar-refractivity contribution in [1.82, 2.24) is 19.6 Å². The molecule has 0 radical (unpaired) electrons. The molecular formula is C12H10N4O. The number of aromatic amines is 1. The molecule has 0 saturated carbocycles. The van der Waals surface area contributed by atoms with Crippen LogP contribution in [-0.4, -0.2) is 19.6 Å². The Morgan fingerprint density at radius 2 is 2.00 bits per heavy atom. The second kappa shape index (κ2) is 3.55. The number of hydrogen-bond donors (Lipinski definition) is 1. The molecule has 0 aliphatic carbocycles. The summed E-state index contributed by atoms with van der Waals surface area (Å²) in [6.45, 7) is 1.88. The lowest BCUT2D eigenvalue weighted by Crippen LogP contribution is -2.13. The summed E-state index contributed by atoms with van der Waals surface area (Å²) in [6.07, 6.45) is 0. The molecule has 2 aromatic heterocycles. The van der Waals surface area contributed by atoms with Gasteiger partial charge in [0, 0.05) is 17.3 Å². The number of hydrogen-bond acceptors (Lipinski definition) is 3. The van der Waals surface area contributed by atoms with E-state index in [0.29, 0.717) is 11.5 Å². The van der Waals surface area contributed by atoms with Crippen molar-refractivity contribution >= 4 is 5.65 Å². The summed E-state index contributed by atoms with van der Waals surface area (Å²) in [7, 11) is 0. The van der Waals surface area contributed by atoms with E-state index in [9.17, 15) is 4.79 Å². The van der Waals surface area contributed by atoms with Crippen LogP contribution in [0.25, 0.3) is 17.0 Å². The smallest absolute Gasteiger partial charge is 0.246 e. The summed E-state index contributed by atoms with van der Waals surface area (Å²) in [5.74, 6) is 0.611. The fourth-order valence-corrected chi connectivity index (χ4v) is 1.83. The number of aryl methyl sites for hydroxylation is 1. The van der Waals surface area contributed by atoms with Crippen LogP contribution in [0, 0.1) is 6.92 Å². The molecule has 5 nitrogen and oxygen atoms in total. The summed E-state index contributed by atoms with van der Waals surface area (Å²) in [5, 5.41) is 6.38. The molecule has 0 aliphatic rings. The van der Waals surface area contributed by atoms with Crippen LogP contribution in [0.1, 0.15) is 5.69 Å². The highest BCUT2D eigenvalue weighted by atomic mass is 16.1. The molecule has 0 atom stereocenters. The molecule has 0 bridgehead atoms. The lowest BCUT2D eigenvalue weighted by Gasteiger charge is -2.04. The van der Waals surface area contributed by atoms with Gasteiger partial charge in [0.05, 0.1) is 0 Å². The maximum atomic E-state index is 11.7. The molecular weight excluding hydrogens is 216 g/mol. The highest BCUT2D eigenvalue weighted by Gasteiger charge is 2.09. The van der Waals surface area contributed by atoms with Gasteiger partial charge in [0.1, 0.15) is 5.82 Å². The Labute approximate surface area is 96.8 Å². The molecule has 0 spiro atoms. The number of rotatable bonds is 1. The fraction of sp³-hybridized carbons (Fsp3) is 0.0833. The van der Waals surface area contributed by atoms with Gasteiger partial charge in [-0.3, -0.25) is 0 Å². The Kier molecular flexibility index (Phi) is 2.04. The molecule has 0 amide bonds. The predicted octanol–water partition coefficient (Wildman–Crippen LogP) is 1.39. The van der Waals surface area contributed by atoms with Gasteiger partial charge in [-0.15, -0.1) is 0 Å². The molecule has 5 heteroatoms. The number of fused-ring (bicyclic) bond motifs is 1. The maximum absolute atomic E-state index is 11.7. The van der Waals surface area contributed by atoms with Gasteiger partial charge in [0.2, 0.25) is 0 Å². The lowest BCUT2D eigenvalue weighted by atomic mass is 10.2. The van der Waals surface area contributed by atoms with Gasteiger partial charge in [0.25, 0.3) is 0 Å². The van der Waals surface area contributed by atoms with Crippen LogP contribution >= 0.6 is 0 Å². The molecule has 0 aliphatic heterocycles. The molecule has 1 N–H and O–H groups in total. The zero-order valence-corrected chi connectivity index (χ0v) is 9.21. The molecule has 17 heavy (non-hydrogen) atoms. The molecule has 1 aromatic carbocycles. The molecule has 3 aromatic rings. The molecule has 3 rings (SSSR count). The number of aromatic nitrogens is 4. The average Bonchev–Trinajstić information content (AvgIpc) is 2.71. The van der Waals surface area contributed by atoms with E-state index >= 15 is 0 Å². The Morgan fingerprint density at radius 1 is 1.24 bits per heavy atom. The lowest BCUT2D eigenvalue weighted by molar-refractivity contribution is 0.994. The predicted molar refractivity (Wildman–Crippen MR) is 63.8 cm³/mol. The van der Waals surface area contributed by atoms with E-state index in [1.54, 1.807) is 6.07 Å². The fourth-order valence-electron chi connectivity index (χ4n) is 1.83. The van der Waals surface area contributed by atoms with Gasteiger partial charge in [-0.05, 0) is 6.92 Å². The molecule has 2 heterocycles. The van der Waals surface area contributed by atoms with E-state index in [4.69, 9.17) is 0 Å². The minimum Gasteiger partial charge on any atom is -0.246 e. The van der Waals surface area contributed by atoms with Crippen molar-refractivity contribution in [3.63, 3.8) is 0 Å². The van der Waals surface area contributed by atoms with Crippen LogP contribution in [0.3, 0.4) is 0 Å². The van der Waals surface area contributed by atoms with Crippen LogP contribution in [0.4, 0.5) is 0 Å². The zero-order valence-electron chi connectivity index (χ0n) is 9.21. The highest BCUT2D eigenvalue weighted by Crippen LogP contribution is 2.16. The van der Waals surface area contributed by atoms with Crippen LogP contribution in [-0.2, 0) is 0 Å². The minimum absolute atomic E-state index is 0.272. The number of nitrogens with one attached hydrogen (secondary N) is 1. The number of benzene rings is 1. The Balaban J connectivity index is 2.43. The van der Waals surface area contributed by atoms with Gasteiger partial charge in [-0.2, -0.15) is 5.10 Å². The third kappa shape index (κ3) is 1.52. The first-order valence-corrected chi connectivity index (χ1v) is 5.26. The van der Waals surface area contributed by atoms with E-state index in [2.05, 4.69) is 15.2 Å². The van der Waals surface area contributed by atoms with Crippen molar-refractivity contribution < 1.29 is 0 Å². The third-order valence-electron chi connectivity index (χ3n) is 2.56. The van der Waals surface area contributed by atoms with Crippen LogP contribution in [0.15, 0.2) is 41.2 Å². The largest absolute Gasteiger partial charge is 0.349 e. The van der Waals surface area contributed by atoms with Crippen LogP contribution < -0.4 is 5.69 Å². The Bertz CT molecular complexity index is 727. The van der Waals surface area contributed by atoms with Gasteiger partial charge in [-0.25, -0.2) is 19.3 Å².